The third kappa shape index (κ3) is 2.78. The van der Waals surface area contributed by atoms with Gasteiger partial charge in [-0.1, -0.05) is 11.8 Å². The average molecular weight is 306 g/mol. The average Bonchev–Trinajstić information content (AvgIpc) is 2.50. The maximum atomic E-state index is 12.1. The molecule has 0 unspecified atom stereocenters. The van der Waals surface area contributed by atoms with E-state index >= 15 is 0 Å². The Morgan fingerprint density at radius 3 is 2.62 bits per heavy atom. The number of benzene rings is 2. The molecule has 0 atom stereocenters. The van der Waals surface area contributed by atoms with Crippen molar-refractivity contribution in [3.05, 3.63) is 46.5 Å². The Bertz CT molecular complexity index is 709. The first-order valence-electron chi connectivity index (χ1n) is 6.23. The third-order valence-electron chi connectivity index (χ3n) is 2.96. The number of nitrogens with one attached hydrogen (secondary N) is 1. The molecule has 0 aliphatic carbocycles. The van der Waals surface area contributed by atoms with Crippen LogP contribution in [0.2, 0.25) is 0 Å². The maximum absolute atomic E-state index is 12.1. The maximum Gasteiger partial charge on any atom is 0.271 e. The predicted molar refractivity (Wildman–Crippen MR) is 78.4 cm³/mol. The number of fused-ring (bicyclic) bond motifs is 2. The van der Waals surface area contributed by atoms with Gasteiger partial charge in [0.15, 0.2) is 0 Å². The van der Waals surface area contributed by atoms with Crippen LogP contribution < -0.4 is 10.1 Å². The molecule has 2 aromatic carbocycles. The van der Waals surface area contributed by atoms with Crippen molar-refractivity contribution in [3.63, 3.8) is 0 Å². The van der Waals surface area contributed by atoms with Gasteiger partial charge in [-0.2, -0.15) is 0 Å². The van der Waals surface area contributed by atoms with Crippen molar-refractivity contribution >= 4 is 28.8 Å². The van der Waals surface area contributed by atoms with Crippen molar-refractivity contribution in [2.45, 2.75) is 9.79 Å². The molecule has 0 bridgehead atoms. The fourth-order valence-electron chi connectivity index (χ4n) is 2.02. The molecule has 0 spiro atoms. The molecule has 3 rings (SSSR count). The first-order chi connectivity index (χ1) is 10.2. The fraction of sp³-hybridized carbons (Fsp3) is 0.143. The number of nitro groups is 1. The van der Waals surface area contributed by atoms with Crippen LogP contribution in [0.25, 0.3) is 0 Å². The Balaban J connectivity index is 1.90. The van der Waals surface area contributed by atoms with Crippen molar-refractivity contribution in [2.75, 3.05) is 18.6 Å². The number of nitrogens with zero attached hydrogens (tertiary/aromatic N) is 1. The van der Waals surface area contributed by atoms with Crippen LogP contribution in [0.4, 0.5) is 21.5 Å². The molecule has 21 heavy (non-hydrogen) atoms. The van der Waals surface area contributed by atoms with Crippen LogP contribution in [-0.4, -0.2) is 18.2 Å². The van der Waals surface area contributed by atoms with Crippen LogP contribution in [0.3, 0.4) is 0 Å². The van der Waals surface area contributed by atoms with Crippen LogP contribution in [-0.2, 0) is 0 Å². The number of nitro benzene ring substituents is 1. The second-order valence-corrected chi connectivity index (χ2v) is 5.44. The molecule has 0 amide bonds. The van der Waals surface area contributed by atoms with E-state index in [0.717, 1.165) is 15.5 Å². The van der Waals surface area contributed by atoms with Crippen LogP contribution >= 0.6 is 11.8 Å². The topological polar surface area (TPSA) is 64.4 Å². The summed E-state index contributed by atoms with van der Waals surface area (Å²) >= 11 is 1.52. The van der Waals surface area contributed by atoms with Gasteiger partial charge in [0, 0.05) is 28.0 Å². The van der Waals surface area contributed by atoms with Crippen molar-refractivity contribution < 1.29 is 14.1 Å². The smallest absolute Gasteiger partial charge is 0.271 e. The normalized spacial score (nSPS) is 12.0. The minimum absolute atomic E-state index is 0.00792. The van der Waals surface area contributed by atoms with E-state index in [-0.39, 0.29) is 12.3 Å². The van der Waals surface area contributed by atoms with Crippen molar-refractivity contribution in [1.29, 1.82) is 0 Å². The number of non-ortho nitro benzene ring substituents is 1. The summed E-state index contributed by atoms with van der Waals surface area (Å²) < 4.78 is 17.4. The largest absolute Gasteiger partial charge is 0.491 e. The van der Waals surface area contributed by atoms with E-state index in [1.54, 1.807) is 18.2 Å². The zero-order valence-corrected chi connectivity index (χ0v) is 11.7. The summed E-state index contributed by atoms with van der Waals surface area (Å²) in [6, 6.07) is 10.1. The number of hydrogen-bond donors (Lipinski definition) is 1. The lowest BCUT2D eigenvalue weighted by molar-refractivity contribution is -0.384. The van der Waals surface area contributed by atoms with Gasteiger partial charge in [0.25, 0.3) is 5.69 Å². The van der Waals surface area contributed by atoms with E-state index in [1.165, 1.54) is 23.9 Å². The molecule has 1 heterocycles. The van der Waals surface area contributed by atoms with Gasteiger partial charge in [-0.3, -0.25) is 10.1 Å². The monoisotopic (exact) mass is 306 g/mol. The molecule has 0 saturated carbocycles. The summed E-state index contributed by atoms with van der Waals surface area (Å²) in [4.78, 5) is 12.3. The quantitative estimate of drug-likeness (QED) is 0.579. The van der Waals surface area contributed by atoms with Crippen molar-refractivity contribution in [3.8, 4) is 5.75 Å². The second-order valence-electron chi connectivity index (χ2n) is 4.36. The molecule has 0 radical (unpaired) electrons. The van der Waals surface area contributed by atoms with E-state index in [0.29, 0.717) is 11.4 Å². The van der Waals surface area contributed by atoms with E-state index in [4.69, 9.17) is 4.74 Å². The summed E-state index contributed by atoms with van der Waals surface area (Å²) in [5, 5.41) is 14.0. The molecule has 1 aliphatic heterocycles. The Labute approximate surface area is 124 Å². The SMILES string of the molecule is O=[N+]([O-])c1ccc2c(c1)Nc1cc(OCCF)ccc1S2. The first-order valence-corrected chi connectivity index (χ1v) is 7.05. The molecule has 5 nitrogen and oxygen atoms in total. The summed E-state index contributed by atoms with van der Waals surface area (Å²) in [5.74, 6) is 0.563. The van der Waals surface area contributed by atoms with Crippen LogP contribution in [0.1, 0.15) is 0 Å². The second kappa shape index (κ2) is 5.61. The van der Waals surface area contributed by atoms with Gasteiger partial charge in [-0.15, -0.1) is 0 Å². The van der Waals surface area contributed by atoms with Crippen LogP contribution in [0.15, 0.2) is 46.2 Å². The predicted octanol–water partition coefficient (Wildman–Crippen LogP) is 4.15. The molecule has 0 fully saturated rings. The highest BCUT2D eigenvalue weighted by atomic mass is 32.2. The highest BCUT2D eigenvalue weighted by Crippen LogP contribution is 2.46. The molecule has 1 N–H and O–H groups in total. The number of halogens is 1. The van der Waals surface area contributed by atoms with Gasteiger partial charge in [0.2, 0.25) is 0 Å². The molecule has 2 aromatic rings. The third-order valence-corrected chi connectivity index (χ3v) is 4.11. The highest BCUT2D eigenvalue weighted by Gasteiger charge is 2.19. The first kappa shape index (κ1) is 13.7. The number of rotatable bonds is 4. The molecule has 7 heteroatoms. The number of alkyl halides is 1. The Hall–Kier alpha value is -2.28. The standard InChI is InChI=1S/C14H11FN2O3S/c15-5-6-20-10-2-4-14-12(8-10)16-11-7-9(17(18)19)1-3-13(11)21-14/h1-4,7-8,16H,5-6H2. The zero-order valence-electron chi connectivity index (χ0n) is 10.8. The molecular weight excluding hydrogens is 295 g/mol. The van der Waals surface area contributed by atoms with Gasteiger partial charge in [0.05, 0.1) is 16.3 Å². The van der Waals surface area contributed by atoms with Gasteiger partial charge in [-0.05, 0) is 18.2 Å². The zero-order chi connectivity index (χ0) is 14.8. The van der Waals surface area contributed by atoms with Gasteiger partial charge in [0.1, 0.15) is 19.0 Å². The van der Waals surface area contributed by atoms with Crippen molar-refractivity contribution in [1.82, 2.24) is 0 Å². The lowest BCUT2D eigenvalue weighted by atomic mass is 10.2. The number of hydrogen-bond acceptors (Lipinski definition) is 5. The Morgan fingerprint density at radius 1 is 1.19 bits per heavy atom. The Morgan fingerprint density at radius 2 is 1.90 bits per heavy atom. The molecule has 0 saturated heterocycles. The van der Waals surface area contributed by atoms with E-state index in [9.17, 15) is 14.5 Å². The lowest BCUT2D eigenvalue weighted by Crippen LogP contribution is -2.03. The lowest BCUT2D eigenvalue weighted by Gasteiger charge is -2.21. The van der Waals surface area contributed by atoms with E-state index < -0.39 is 11.6 Å². The van der Waals surface area contributed by atoms with E-state index in [2.05, 4.69) is 5.32 Å². The van der Waals surface area contributed by atoms with Gasteiger partial charge >= 0.3 is 0 Å². The van der Waals surface area contributed by atoms with Crippen LogP contribution in [0, 0.1) is 10.1 Å². The highest BCUT2D eigenvalue weighted by molar-refractivity contribution is 7.99. The summed E-state index contributed by atoms with van der Waals surface area (Å²) in [6.45, 7) is -0.539. The van der Waals surface area contributed by atoms with Crippen molar-refractivity contribution in [2.24, 2.45) is 0 Å². The minimum atomic E-state index is -0.547. The fourth-order valence-corrected chi connectivity index (χ4v) is 2.97. The number of ether oxygens (including phenoxy) is 1. The Kier molecular flexibility index (Phi) is 3.66. The molecule has 108 valence electrons. The molecular formula is C14H11FN2O3S. The summed E-state index contributed by atoms with van der Waals surface area (Å²) in [7, 11) is 0. The molecule has 1 aliphatic rings. The number of anilines is 2. The van der Waals surface area contributed by atoms with E-state index in [1.807, 2.05) is 6.07 Å². The van der Waals surface area contributed by atoms with Crippen LogP contribution in [0.5, 0.6) is 5.75 Å². The molecule has 0 aromatic heterocycles. The summed E-state index contributed by atoms with van der Waals surface area (Å²) in [6.07, 6.45) is 0. The minimum Gasteiger partial charge on any atom is -0.491 e. The van der Waals surface area contributed by atoms with Gasteiger partial charge in [-0.25, -0.2) is 4.39 Å². The van der Waals surface area contributed by atoms with Gasteiger partial charge < -0.3 is 10.1 Å². The summed E-state index contributed by atoms with van der Waals surface area (Å²) in [5.41, 5.74) is 1.52.